The van der Waals surface area contributed by atoms with Gasteiger partial charge in [0, 0.05) is 66.4 Å². The third-order valence-electron chi connectivity index (χ3n) is 9.57. The van der Waals surface area contributed by atoms with Crippen LogP contribution in [0.4, 0.5) is 0 Å². The summed E-state index contributed by atoms with van der Waals surface area (Å²) in [6, 6.07) is 31.5. The normalized spacial score (nSPS) is 13.7. The second kappa shape index (κ2) is 16.9. The molecule has 264 valence electrons. The van der Waals surface area contributed by atoms with Crippen molar-refractivity contribution >= 4 is 46.6 Å². The van der Waals surface area contributed by atoms with E-state index in [0.717, 1.165) is 61.3 Å². The highest BCUT2D eigenvalue weighted by Crippen LogP contribution is 2.33. The molecule has 0 spiro atoms. The molecule has 6 rings (SSSR count). The highest BCUT2D eigenvalue weighted by molar-refractivity contribution is 6.35. The van der Waals surface area contributed by atoms with Gasteiger partial charge in [-0.2, -0.15) is 5.10 Å². The van der Waals surface area contributed by atoms with Gasteiger partial charge in [-0.25, -0.2) is 4.68 Å². The number of hydrogen-bond acceptors (Lipinski definition) is 4. The number of benzene rings is 4. The molecular formula is C41H42Cl3N5O2. The Morgan fingerprint density at radius 2 is 1.53 bits per heavy atom. The first kappa shape index (κ1) is 36.6. The van der Waals surface area contributed by atoms with Crippen LogP contribution in [0.3, 0.4) is 0 Å². The fraction of sp³-hybridized carbons (Fsp3) is 0.293. The monoisotopic (exact) mass is 741 g/mol. The average molecular weight is 743 g/mol. The number of hydrogen-bond donors (Lipinski definition) is 1. The topological polar surface area (TPSA) is 70.5 Å². The Bertz CT molecular complexity index is 1970. The second-order valence-corrected chi connectivity index (χ2v) is 14.3. The van der Waals surface area contributed by atoms with Crippen LogP contribution < -0.4 is 5.32 Å². The second-order valence-electron chi connectivity index (χ2n) is 13.0. The van der Waals surface area contributed by atoms with Gasteiger partial charge in [-0.3, -0.25) is 9.59 Å². The smallest absolute Gasteiger partial charge is 0.272 e. The van der Waals surface area contributed by atoms with Crippen LogP contribution in [-0.2, 0) is 24.3 Å². The Kier molecular flexibility index (Phi) is 12.2. The molecule has 1 aliphatic heterocycles. The van der Waals surface area contributed by atoms with E-state index < -0.39 is 0 Å². The lowest BCUT2D eigenvalue weighted by molar-refractivity contribution is -0.135. The molecule has 0 saturated carbocycles. The highest BCUT2D eigenvalue weighted by atomic mass is 35.5. The van der Waals surface area contributed by atoms with Crippen molar-refractivity contribution in [1.82, 2.24) is 24.9 Å². The largest absolute Gasteiger partial charge is 0.347 e. The molecule has 5 aromatic rings. The van der Waals surface area contributed by atoms with Gasteiger partial charge in [0.05, 0.1) is 16.4 Å². The molecule has 2 amide bonds. The van der Waals surface area contributed by atoms with Crippen LogP contribution >= 0.6 is 34.8 Å². The molecule has 0 radical (unpaired) electrons. The van der Waals surface area contributed by atoms with Crippen LogP contribution in [0.2, 0.25) is 15.1 Å². The Morgan fingerprint density at radius 3 is 2.24 bits per heavy atom. The summed E-state index contributed by atoms with van der Waals surface area (Å²) in [5.74, 6) is -0.140. The SMILES string of the molecule is CCC(=O)N(Cc1cccc(CNC(=O)c2nn(-c3ccc(Cl)cc3Cl)c(-c3ccc(Cl)cc3)c2C)c1)C1CCN(CCc2ccccc2)CC1. The quantitative estimate of drug-likeness (QED) is 0.139. The van der Waals surface area contributed by atoms with E-state index in [-0.39, 0.29) is 23.6 Å². The molecule has 0 aliphatic carbocycles. The van der Waals surface area contributed by atoms with E-state index in [9.17, 15) is 9.59 Å². The Morgan fingerprint density at radius 1 is 0.843 bits per heavy atom. The van der Waals surface area contributed by atoms with Crippen LogP contribution in [0.25, 0.3) is 16.9 Å². The number of nitrogens with one attached hydrogen (secondary N) is 1. The van der Waals surface area contributed by atoms with E-state index in [2.05, 4.69) is 57.6 Å². The van der Waals surface area contributed by atoms with Crippen LogP contribution in [0.5, 0.6) is 0 Å². The lowest BCUT2D eigenvalue weighted by Crippen LogP contribution is -2.47. The van der Waals surface area contributed by atoms with Gasteiger partial charge in [0.15, 0.2) is 5.69 Å². The molecule has 2 heterocycles. The number of carbonyl (C=O) groups is 2. The number of piperidine rings is 1. The Hall–Kier alpha value is -4.14. The number of likely N-dealkylation sites (tertiary alicyclic amines) is 1. The zero-order valence-electron chi connectivity index (χ0n) is 28.9. The molecule has 0 unspecified atom stereocenters. The lowest BCUT2D eigenvalue weighted by atomic mass is 10.0. The Balaban J connectivity index is 1.13. The summed E-state index contributed by atoms with van der Waals surface area (Å²) in [5, 5.41) is 9.33. The van der Waals surface area contributed by atoms with Gasteiger partial charge in [0.25, 0.3) is 5.91 Å². The standard InChI is InChI=1S/C41H42Cl3N5O2/c1-3-38(50)48(35-19-22-47(23-20-35)21-18-29-8-5-4-6-9-29)27-31-11-7-10-30(24-31)26-45-41(51)39-28(2)40(32-12-14-33(42)15-13-32)49(46-39)37-17-16-34(43)25-36(37)44/h4-17,24-25,35H,3,18-23,26-27H2,1-2H3,(H,45,51). The number of nitrogens with zero attached hydrogens (tertiary/aromatic N) is 4. The number of halogens is 3. The van der Waals surface area contributed by atoms with E-state index in [4.69, 9.17) is 39.9 Å². The molecule has 4 aromatic carbocycles. The predicted molar refractivity (Wildman–Crippen MR) is 207 cm³/mol. The van der Waals surface area contributed by atoms with Crippen molar-refractivity contribution in [1.29, 1.82) is 0 Å². The third kappa shape index (κ3) is 9.03. The van der Waals surface area contributed by atoms with Gasteiger partial charge >= 0.3 is 0 Å². The predicted octanol–water partition coefficient (Wildman–Crippen LogP) is 9.18. The first-order valence-corrected chi connectivity index (χ1v) is 18.6. The van der Waals surface area contributed by atoms with Crippen molar-refractivity contribution in [2.24, 2.45) is 0 Å². The molecule has 1 saturated heterocycles. The molecule has 1 N–H and O–H groups in total. The first-order valence-electron chi connectivity index (χ1n) is 17.4. The molecule has 1 fully saturated rings. The van der Waals surface area contributed by atoms with E-state index in [0.29, 0.717) is 45.8 Å². The maximum absolute atomic E-state index is 13.7. The van der Waals surface area contributed by atoms with E-state index >= 15 is 0 Å². The minimum Gasteiger partial charge on any atom is -0.347 e. The fourth-order valence-electron chi connectivity index (χ4n) is 6.80. The van der Waals surface area contributed by atoms with Gasteiger partial charge in [-0.05, 0) is 73.2 Å². The van der Waals surface area contributed by atoms with Crippen molar-refractivity contribution in [3.63, 3.8) is 0 Å². The summed E-state index contributed by atoms with van der Waals surface area (Å²) in [6.07, 6.45) is 3.42. The van der Waals surface area contributed by atoms with Crippen LogP contribution in [0.1, 0.15) is 58.9 Å². The summed E-state index contributed by atoms with van der Waals surface area (Å²) in [4.78, 5) is 31.5. The molecule has 10 heteroatoms. The maximum atomic E-state index is 13.7. The molecular weight excluding hydrogens is 701 g/mol. The van der Waals surface area contributed by atoms with Crippen LogP contribution in [0.15, 0.2) is 97.1 Å². The maximum Gasteiger partial charge on any atom is 0.272 e. The number of aromatic nitrogens is 2. The van der Waals surface area contributed by atoms with Gasteiger partial charge in [-0.1, -0.05) is 108 Å². The molecule has 0 bridgehead atoms. The molecule has 7 nitrogen and oxygen atoms in total. The summed E-state index contributed by atoms with van der Waals surface area (Å²) >= 11 is 19.0. The van der Waals surface area contributed by atoms with Crippen molar-refractivity contribution in [3.8, 4) is 16.9 Å². The van der Waals surface area contributed by atoms with Gasteiger partial charge in [0.2, 0.25) is 5.91 Å². The van der Waals surface area contributed by atoms with Crippen LogP contribution in [-0.4, -0.2) is 57.1 Å². The Labute approximate surface area is 315 Å². The van der Waals surface area contributed by atoms with Gasteiger partial charge < -0.3 is 15.1 Å². The third-order valence-corrected chi connectivity index (χ3v) is 10.4. The molecule has 1 aliphatic rings. The zero-order chi connectivity index (χ0) is 35.9. The van der Waals surface area contributed by atoms with Crippen molar-refractivity contribution in [3.05, 3.63) is 140 Å². The summed E-state index contributed by atoms with van der Waals surface area (Å²) in [7, 11) is 0. The lowest BCUT2D eigenvalue weighted by Gasteiger charge is -2.38. The molecule has 51 heavy (non-hydrogen) atoms. The number of rotatable bonds is 12. The number of amides is 2. The average Bonchev–Trinajstić information content (AvgIpc) is 3.49. The van der Waals surface area contributed by atoms with Crippen molar-refractivity contribution in [2.75, 3.05) is 19.6 Å². The number of carbonyl (C=O) groups excluding carboxylic acids is 2. The zero-order valence-corrected chi connectivity index (χ0v) is 31.2. The van der Waals surface area contributed by atoms with E-state index in [1.165, 1.54) is 5.56 Å². The van der Waals surface area contributed by atoms with E-state index in [1.54, 1.807) is 35.0 Å². The fourth-order valence-corrected chi connectivity index (χ4v) is 7.41. The summed E-state index contributed by atoms with van der Waals surface area (Å²) in [6.45, 7) is 7.64. The van der Waals surface area contributed by atoms with E-state index in [1.807, 2.05) is 38.1 Å². The first-order chi connectivity index (χ1) is 24.7. The summed E-state index contributed by atoms with van der Waals surface area (Å²) in [5.41, 5.74) is 6.50. The molecule has 0 atom stereocenters. The van der Waals surface area contributed by atoms with Crippen molar-refractivity contribution in [2.45, 2.75) is 58.7 Å². The van der Waals surface area contributed by atoms with Gasteiger partial charge in [0.1, 0.15) is 0 Å². The van der Waals surface area contributed by atoms with Gasteiger partial charge in [-0.15, -0.1) is 0 Å². The summed E-state index contributed by atoms with van der Waals surface area (Å²) < 4.78 is 1.68. The van der Waals surface area contributed by atoms with Crippen molar-refractivity contribution < 1.29 is 9.59 Å². The highest BCUT2D eigenvalue weighted by Gasteiger charge is 2.28. The minimum atomic E-state index is -0.307. The minimum absolute atomic E-state index is 0.166. The molecule has 1 aromatic heterocycles. The van der Waals surface area contributed by atoms with Crippen LogP contribution in [0, 0.1) is 6.92 Å².